The smallest absolute Gasteiger partial charge is 0.266 e. The second kappa shape index (κ2) is 4.77. The van der Waals surface area contributed by atoms with E-state index in [0.29, 0.717) is 15.5 Å². The maximum absolute atomic E-state index is 11.8. The van der Waals surface area contributed by atoms with Gasteiger partial charge in [-0.3, -0.25) is 4.79 Å². The zero-order valence-electron chi connectivity index (χ0n) is 8.28. The molecule has 84 valence electrons. The second-order valence-electron chi connectivity index (χ2n) is 3.15. The third kappa shape index (κ3) is 2.41. The Kier molecular flexibility index (Phi) is 3.56. The van der Waals surface area contributed by atoms with Crippen LogP contribution in [0.1, 0.15) is 10.7 Å². The standard InChI is InChI=1S/C9H7Br2N3OS/c1-5-4-16-7(13-5)3-14-9(15)8(11)6(10)2-12-14/h2,4H,3H2,1H3. The van der Waals surface area contributed by atoms with E-state index < -0.39 is 0 Å². The molecule has 2 heterocycles. The maximum Gasteiger partial charge on any atom is 0.282 e. The van der Waals surface area contributed by atoms with Gasteiger partial charge < -0.3 is 0 Å². The van der Waals surface area contributed by atoms with Crippen molar-refractivity contribution in [1.29, 1.82) is 0 Å². The first-order valence-electron chi connectivity index (χ1n) is 4.40. The Labute approximate surface area is 113 Å². The number of aromatic nitrogens is 3. The molecule has 0 bridgehead atoms. The van der Waals surface area contributed by atoms with E-state index in [1.54, 1.807) is 6.20 Å². The van der Waals surface area contributed by atoms with Crippen molar-refractivity contribution in [2.75, 3.05) is 0 Å². The molecule has 2 aromatic rings. The van der Waals surface area contributed by atoms with Crippen LogP contribution in [0.3, 0.4) is 0 Å². The van der Waals surface area contributed by atoms with Gasteiger partial charge in [0.2, 0.25) is 0 Å². The predicted molar refractivity (Wildman–Crippen MR) is 69.9 cm³/mol. The first-order chi connectivity index (χ1) is 7.58. The van der Waals surface area contributed by atoms with Crippen LogP contribution in [0.15, 0.2) is 25.3 Å². The van der Waals surface area contributed by atoms with E-state index in [4.69, 9.17) is 0 Å². The van der Waals surface area contributed by atoms with E-state index >= 15 is 0 Å². The Morgan fingerprint density at radius 3 is 2.88 bits per heavy atom. The highest BCUT2D eigenvalue weighted by atomic mass is 79.9. The summed E-state index contributed by atoms with van der Waals surface area (Å²) in [6.07, 6.45) is 1.59. The van der Waals surface area contributed by atoms with Crippen molar-refractivity contribution in [2.45, 2.75) is 13.5 Å². The van der Waals surface area contributed by atoms with Crippen LogP contribution in [0.4, 0.5) is 0 Å². The Bertz CT molecular complexity index is 578. The van der Waals surface area contributed by atoms with Gasteiger partial charge in [0.05, 0.1) is 17.2 Å². The molecule has 4 nitrogen and oxygen atoms in total. The van der Waals surface area contributed by atoms with Gasteiger partial charge in [0, 0.05) is 11.1 Å². The van der Waals surface area contributed by atoms with Crippen LogP contribution in [0, 0.1) is 6.92 Å². The van der Waals surface area contributed by atoms with Gasteiger partial charge in [0.1, 0.15) is 9.48 Å². The summed E-state index contributed by atoms with van der Waals surface area (Å²) in [6, 6.07) is 0. The molecule has 0 unspecified atom stereocenters. The lowest BCUT2D eigenvalue weighted by Gasteiger charge is -2.02. The van der Waals surface area contributed by atoms with E-state index in [1.165, 1.54) is 16.0 Å². The minimum atomic E-state index is -0.165. The number of halogens is 2. The van der Waals surface area contributed by atoms with E-state index in [2.05, 4.69) is 41.9 Å². The number of thiazole rings is 1. The van der Waals surface area contributed by atoms with Crippen molar-refractivity contribution in [2.24, 2.45) is 0 Å². The van der Waals surface area contributed by atoms with Gasteiger partial charge in [-0.05, 0) is 38.8 Å². The lowest BCUT2D eigenvalue weighted by Crippen LogP contribution is -2.24. The molecule has 0 amide bonds. The fourth-order valence-corrected chi connectivity index (χ4v) is 2.48. The summed E-state index contributed by atoms with van der Waals surface area (Å²) in [7, 11) is 0. The van der Waals surface area contributed by atoms with Gasteiger partial charge in [0.25, 0.3) is 5.56 Å². The van der Waals surface area contributed by atoms with Crippen molar-refractivity contribution in [3.05, 3.63) is 41.6 Å². The van der Waals surface area contributed by atoms with Crippen LogP contribution in [-0.2, 0) is 6.54 Å². The topological polar surface area (TPSA) is 47.8 Å². The molecule has 2 aromatic heterocycles. The van der Waals surface area contributed by atoms with Gasteiger partial charge in [-0.1, -0.05) is 0 Å². The van der Waals surface area contributed by atoms with Crippen molar-refractivity contribution in [1.82, 2.24) is 14.8 Å². The summed E-state index contributed by atoms with van der Waals surface area (Å²) in [5, 5.41) is 6.87. The number of rotatable bonds is 2. The van der Waals surface area contributed by atoms with E-state index in [0.717, 1.165) is 10.7 Å². The molecule has 0 spiro atoms. The number of nitrogens with zero attached hydrogens (tertiary/aromatic N) is 3. The molecule has 0 saturated carbocycles. The zero-order valence-corrected chi connectivity index (χ0v) is 12.3. The van der Waals surface area contributed by atoms with E-state index in [9.17, 15) is 4.79 Å². The average molecular weight is 365 g/mol. The van der Waals surface area contributed by atoms with Crippen LogP contribution in [0.2, 0.25) is 0 Å². The predicted octanol–water partition coefficient (Wildman–Crippen LogP) is 2.58. The first kappa shape index (κ1) is 11.9. The van der Waals surface area contributed by atoms with Gasteiger partial charge in [-0.15, -0.1) is 11.3 Å². The molecule has 0 fully saturated rings. The second-order valence-corrected chi connectivity index (χ2v) is 5.74. The first-order valence-corrected chi connectivity index (χ1v) is 6.86. The quantitative estimate of drug-likeness (QED) is 0.822. The third-order valence-corrected chi connectivity index (χ3v) is 4.75. The van der Waals surface area contributed by atoms with Crippen LogP contribution in [0.25, 0.3) is 0 Å². The normalized spacial score (nSPS) is 10.7. The summed E-state index contributed by atoms with van der Waals surface area (Å²) in [4.78, 5) is 16.1. The summed E-state index contributed by atoms with van der Waals surface area (Å²) in [5.74, 6) is 0. The highest BCUT2D eigenvalue weighted by molar-refractivity contribution is 9.13. The highest BCUT2D eigenvalue weighted by Crippen LogP contribution is 2.17. The summed E-state index contributed by atoms with van der Waals surface area (Å²) in [5.41, 5.74) is 0.798. The summed E-state index contributed by atoms with van der Waals surface area (Å²) < 4.78 is 2.52. The Morgan fingerprint density at radius 2 is 2.25 bits per heavy atom. The van der Waals surface area contributed by atoms with Gasteiger partial charge in [-0.25, -0.2) is 9.67 Å². The van der Waals surface area contributed by atoms with Crippen molar-refractivity contribution in [3.8, 4) is 0 Å². The molecular weight excluding hydrogens is 358 g/mol. The molecule has 0 N–H and O–H groups in total. The molecule has 0 aliphatic carbocycles. The molecule has 0 aliphatic rings. The molecule has 0 aromatic carbocycles. The van der Waals surface area contributed by atoms with E-state index in [1.807, 2.05) is 12.3 Å². The number of hydrogen-bond donors (Lipinski definition) is 0. The van der Waals surface area contributed by atoms with Gasteiger partial charge >= 0.3 is 0 Å². The van der Waals surface area contributed by atoms with Crippen molar-refractivity contribution >= 4 is 43.2 Å². The third-order valence-electron chi connectivity index (χ3n) is 1.89. The Morgan fingerprint density at radius 1 is 1.50 bits per heavy atom. The largest absolute Gasteiger partial charge is 0.282 e. The minimum Gasteiger partial charge on any atom is -0.266 e. The molecule has 0 aliphatic heterocycles. The van der Waals surface area contributed by atoms with Gasteiger partial charge in [0.15, 0.2) is 0 Å². The lowest BCUT2D eigenvalue weighted by molar-refractivity contribution is 0.630. The Hall–Kier alpha value is -0.530. The minimum absolute atomic E-state index is 0.165. The van der Waals surface area contributed by atoms with Crippen LogP contribution < -0.4 is 5.56 Å². The van der Waals surface area contributed by atoms with Crippen LogP contribution >= 0.6 is 43.2 Å². The van der Waals surface area contributed by atoms with Crippen LogP contribution in [-0.4, -0.2) is 14.8 Å². The fourth-order valence-electron chi connectivity index (χ4n) is 1.16. The molecule has 0 radical (unpaired) electrons. The summed E-state index contributed by atoms with van der Waals surface area (Å²) >= 11 is 7.97. The monoisotopic (exact) mass is 363 g/mol. The number of aryl methyl sites for hydroxylation is 1. The van der Waals surface area contributed by atoms with Crippen LogP contribution in [0.5, 0.6) is 0 Å². The summed E-state index contributed by atoms with van der Waals surface area (Å²) in [6.45, 7) is 2.33. The maximum atomic E-state index is 11.8. The lowest BCUT2D eigenvalue weighted by atomic mass is 10.5. The Balaban J connectivity index is 2.36. The van der Waals surface area contributed by atoms with E-state index in [-0.39, 0.29) is 5.56 Å². The fraction of sp³-hybridized carbons (Fsp3) is 0.222. The van der Waals surface area contributed by atoms with Crippen molar-refractivity contribution < 1.29 is 0 Å². The molecule has 7 heteroatoms. The molecular formula is C9H7Br2N3OS. The molecule has 0 atom stereocenters. The molecule has 0 saturated heterocycles. The van der Waals surface area contributed by atoms with Crippen molar-refractivity contribution in [3.63, 3.8) is 0 Å². The zero-order chi connectivity index (χ0) is 11.7. The molecule has 16 heavy (non-hydrogen) atoms. The van der Waals surface area contributed by atoms with Gasteiger partial charge in [-0.2, -0.15) is 5.10 Å². The molecule has 2 rings (SSSR count). The number of hydrogen-bond acceptors (Lipinski definition) is 4. The SMILES string of the molecule is Cc1csc(Cn2ncc(Br)c(Br)c2=O)n1. The average Bonchev–Trinajstić information content (AvgIpc) is 2.65. The highest BCUT2D eigenvalue weighted by Gasteiger charge is 2.08.